The van der Waals surface area contributed by atoms with Crippen molar-refractivity contribution in [1.82, 2.24) is 5.32 Å². The molecule has 4 rings (SSSR count). The van der Waals surface area contributed by atoms with Crippen molar-refractivity contribution in [2.75, 3.05) is 19.7 Å². The van der Waals surface area contributed by atoms with Crippen molar-refractivity contribution in [3.8, 4) is 16.9 Å². The smallest absolute Gasteiger partial charge is 0.270 e. The molecule has 0 radical (unpaired) electrons. The fourth-order valence-electron chi connectivity index (χ4n) is 3.46. The summed E-state index contributed by atoms with van der Waals surface area (Å²) >= 11 is 0. The molecule has 1 heterocycles. The molecular formula is C23H24ClN3O3. The SMILES string of the molecule is CCCCOc1cc2ccc(-c3cccc([N+](=O)[O-])c3)cc2cc1C1=NCCN1.Cl. The molecule has 3 aromatic rings. The van der Waals surface area contributed by atoms with Gasteiger partial charge in [-0.3, -0.25) is 15.1 Å². The number of nitro benzene ring substituents is 1. The number of nitro groups is 1. The Morgan fingerprint density at radius 3 is 2.67 bits per heavy atom. The monoisotopic (exact) mass is 425 g/mol. The number of non-ortho nitro benzene ring substituents is 1. The van der Waals surface area contributed by atoms with Gasteiger partial charge in [-0.1, -0.05) is 37.6 Å². The standard InChI is InChI=1S/C23H23N3O3.ClH/c1-2-3-11-29-22-15-18-8-7-17(16-5-4-6-20(13-16)26(27)28)12-19(18)14-21(22)23-24-9-10-25-23;/h4-8,12-15H,2-3,9-11H2,1H3,(H,24,25);1H. The molecule has 0 aliphatic carbocycles. The summed E-state index contributed by atoms with van der Waals surface area (Å²) in [5.41, 5.74) is 2.81. The summed E-state index contributed by atoms with van der Waals surface area (Å²) in [6, 6.07) is 16.9. The van der Waals surface area contributed by atoms with Crippen LogP contribution in [0.5, 0.6) is 5.75 Å². The molecule has 0 saturated carbocycles. The number of halogens is 1. The lowest BCUT2D eigenvalue weighted by atomic mass is 9.98. The summed E-state index contributed by atoms with van der Waals surface area (Å²) in [5.74, 6) is 1.70. The molecule has 1 aliphatic heterocycles. The maximum absolute atomic E-state index is 11.1. The van der Waals surface area contributed by atoms with Crippen LogP contribution >= 0.6 is 12.4 Å². The fourth-order valence-corrected chi connectivity index (χ4v) is 3.46. The highest BCUT2D eigenvalue weighted by Gasteiger charge is 2.16. The van der Waals surface area contributed by atoms with Gasteiger partial charge in [0, 0.05) is 18.7 Å². The van der Waals surface area contributed by atoms with Gasteiger partial charge in [-0.2, -0.15) is 0 Å². The molecule has 0 spiro atoms. The Balaban J connectivity index is 0.00000256. The van der Waals surface area contributed by atoms with Gasteiger partial charge in [0.25, 0.3) is 5.69 Å². The van der Waals surface area contributed by atoms with E-state index >= 15 is 0 Å². The lowest BCUT2D eigenvalue weighted by Gasteiger charge is -2.14. The quantitative estimate of drug-likeness (QED) is 0.314. The molecule has 1 aliphatic rings. The van der Waals surface area contributed by atoms with E-state index in [1.807, 2.05) is 18.2 Å². The highest BCUT2D eigenvalue weighted by atomic mass is 35.5. The van der Waals surface area contributed by atoms with E-state index in [1.54, 1.807) is 12.1 Å². The number of hydrogen-bond donors (Lipinski definition) is 1. The molecule has 0 aromatic heterocycles. The number of nitrogens with zero attached hydrogens (tertiary/aromatic N) is 2. The van der Waals surface area contributed by atoms with E-state index in [1.165, 1.54) is 6.07 Å². The van der Waals surface area contributed by atoms with Gasteiger partial charge >= 0.3 is 0 Å². The van der Waals surface area contributed by atoms with Crippen LogP contribution in [0, 0.1) is 10.1 Å². The van der Waals surface area contributed by atoms with Crippen LogP contribution in [0.3, 0.4) is 0 Å². The number of unbranched alkanes of at least 4 members (excludes halogenated alkanes) is 1. The minimum Gasteiger partial charge on any atom is -0.493 e. The van der Waals surface area contributed by atoms with Gasteiger partial charge in [0.1, 0.15) is 11.6 Å². The van der Waals surface area contributed by atoms with Crippen molar-refractivity contribution in [2.45, 2.75) is 19.8 Å². The molecule has 30 heavy (non-hydrogen) atoms. The predicted octanol–water partition coefficient (Wildman–Crippen LogP) is 5.37. The number of rotatable bonds is 7. The van der Waals surface area contributed by atoms with E-state index in [9.17, 15) is 10.1 Å². The zero-order chi connectivity index (χ0) is 20.2. The second-order valence-corrected chi connectivity index (χ2v) is 7.08. The Morgan fingerprint density at radius 1 is 1.10 bits per heavy atom. The molecule has 0 atom stereocenters. The number of nitrogens with one attached hydrogen (secondary N) is 1. The molecule has 6 nitrogen and oxygen atoms in total. The third kappa shape index (κ3) is 4.54. The molecule has 0 bridgehead atoms. The summed E-state index contributed by atoms with van der Waals surface area (Å²) in [7, 11) is 0. The Hall–Kier alpha value is -3.12. The van der Waals surface area contributed by atoms with Crippen molar-refractivity contribution in [1.29, 1.82) is 0 Å². The highest BCUT2D eigenvalue weighted by molar-refractivity contribution is 6.06. The van der Waals surface area contributed by atoms with Crippen molar-refractivity contribution in [3.63, 3.8) is 0 Å². The Morgan fingerprint density at radius 2 is 1.93 bits per heavy atom. The van der Waals surface area contributed by atoms with Crippen molar-refractivity contribution in [3.05, 3.63) is 70.3 Å². The summed E-state index contributed by atoms with van der Waals surface area (Å²) in [5, 5.41) is 16.5. The lowest BCUT2D eigenvalue weighted by Crippen LogP contribution is -2.20. The van der Waals surface area contributed by atoms with Crippen LogP contribution in [0.25, 0.3) is 21.9 Å². The number of ether oxygens (including phenoxy) is 1. The largest absolute Gasteiger partial charge is 0.493 e. The van der Waals surface area contributed by atoms with Gasteiger partial charge in [-0.05, 0) is 46.5 Å². The topological polar surface area (TPSA) is 76.8 Å². The molecular weight excluding hydrogens is 402 g/mol. The summed E-state index contributed by atoms with van der Waals surface area (Å²) in [6.07, 6.45) is 2.08. The molecule has 3 aromatic carbocycles. The van der Waals surface area contributed by atoms with Crippen LogP contribution in [0.2, 0.25) is 0 Å². The van der Waals surface area contributed by atoms with E-state index in [-0.39, 0.29) is 23.0 Å². The van der Waals surface area contributed by atoms with Crippen LogP contribution in [-0.2, 0) is 0 Å². The van der Waals surface area contributed by atoms with Crippen molar-refractivity contribution < 1.29 is 9.66 Å². The number of hydrogen-bond acceptors (Lipinski definition) is 5. The molecule has 156 valence electrons. The Bertz CT molecular complexity index is 1100. The maximum Gasteiger partial charge on any atom is 0.270 e. The summed E-state index contributed by atoms with van der Waals surface area (Å²) in [4.78, 5) is 15.3. The molecule has 0 amide bonds. The first-order valence-electron chi connectivity index (χ1n) is 9.90. The summed E-state index contributed by atoms with van der Waals surface area (Å²) < 4.78 is 6.06. The third-order valence-electron chi connectivity index (χ3n) is 5.01. The zero-order valence-electron chi connectivity index (χ0n) is 16.8. The van der Waals surface area contributed by atoms with E-state index in [2.05, 4.69) is 35.4 Å². The number of aliphatic imine (C=N–C) groups is 1. The molecule has 0 saturated heterocycles. The van der Waals surface area contributed by atoms with Crippen LogP contribution in [0.15, 0.2) is 59.6 Å². The fraction of sp³-hybridized carbons (Fsp3) is 0.261. The zero-order valence-corrected chi connectivity index (χ0v) is 17.6. The maximum atomic E-state index is 11.1. The first-order valence-corrected chi connectivity index (χ1v) is 9.90. The molecule has 0 fully saturated rings. The van der Waals surface area contributed by atoms with Crippen LogP contribution < -0.4 is 10.1 Å². The normalized spacial score (nSPS) is 12.8. The van der Waals surface area contributed by atoms with Gasteiger partial charge < -0.3 is 10.1 Å². The van der Waals surface area contributed by atoms with E-state index in [4.69, 9.17) is 4.74 Å². The van der Waals surface area contributed by atoms with Crippen LogP contribution in [0.4, 0.5) is 5.69 Å². The van der Waals surface area contributed by atoms with Crippen molar-refractivity contribution in [2.24, 2.45) is 4.99 Å². The number of amidine groups is 1. The van der Waals surface area contributed by atoms with Gasteiger partial charge in [0.15, 0.2) is 0 Å². The average molecular weight is 426 g/mol. The van der Waals surface area contributed by atoms with E-state index in [0.717, 1.165) is 65.0 Å². The van der Waals surface area contributed by atoms with Gasteiger partial charge in [-0.15, -0.1) is 12.4 Å². The van der Waals surface area contributed by atoms with Gasteiger partial charge in [-0.25, -0.2) is 0 Å². The Kier molecular flexibility index (Phi) is 6.90. The Labute approximate surface area is 181 Å². The summed E-state index contributed by atoms with van der Waals surface area (Å²) in [6.45, 7) is 4.40. The molecule has 1 N–H and O–H groups in total. The molecule has 0 unspecified atom stereocenters. The number of fused-ring (bicyclic) bond motifs is 1. The minimum atomic E-state index is -0.369. The lowest BCUT2D eigenvalue weighted by molar-refractivity contribution is -0.384. The first-order chi connectivity index (χ1) is 14.2. The second-order valence-electron chi connectivity index (χ2n) is 7.08. The molecule has 7 heteroatoms. The van der Waals surface area contributed by atoms with E-state index < -0.39 is 0 Å². The minimum absolute atomic E-state index is 0. The highest BCUT2D eigenvalue weighted by Crippen LogP contribution is 2.31. The second kappa shape index (κ2) is 9.59. The van der Waals surface area contributed by atoms with E-state index in [0.29, 0.717) is 6.61 Å². The van der Waals surface area contributed by atoms with Gasteiger partial charge in [0.05, 0.1) is 23.6 Å². The third-order valence-corrected chi connectivity index (χ3v) is 5.01. The average Bonchev–Trinajstić information content (AvgIpc) is 3.28. The van der Waals surface area contributed by atoms with Gasteiger partial charge in [0.2, 0.25) is 0 Å². The van der Waals surface area contributed by atoms with Crippen molar-refractivity contribution >= 4 is 34.7 Å². The first kappa shape index (κ1) is 21.6. The van der Waals surface area contributed by atoms with Crippen LogP contribution in [-0.4, -0.2) is 30.5 Å². The van der Waals surface area contributed by atoms with Crippen LogP contribution in [0.1, 0.15) is 25.3 Å². The predicted molar refractivity (Wildman–Crippen MR) is 123 cm³/mol. The number of benzene rings is 3.